The fraction of sp³-hybridized carbons (Fsp3) is 0.600. The molecule has 86 valence electrons. The summed E-state index contributed by atoms with van der Waals surface area (Å²) in [7, 11) is 0. The van der Waals surface area contributed by atoms with E-state index in [1.54, 1.807) is 13.8 Å². The van der Waals surface area contributed by atoms with Crippen LogP contribution in [0.5, 0.6) is 0 Å². The number of hydrogen-bond acceptors (Lipinski definition) is 2. The number of rotatable bonds is 3. The third-order valence-electron chi connectivity index (χ3n) is 2.32. The molecule has 0 aromatic carbocycles. The van der Waals surface area contributed by atoms with Gasteiger partial charge in [-0.2, -0.15) is 13.2 Å². The van der Waals surface area contributed by atoms with E-state index in [9.17, 15) is 13.2 Å². The second kappa shape index (κ2) is 3.89. The van der Waals surface area contributed by atoms with Gasteiger partial charge in [-0.3, -0.25) is 0 Å². The molecule has 0 unspecified atom stereocenters. The number of hydrogen-bond donors (Lipinski definition) is 1. The summed E-state index contributed by atoms with van der Waals surface area (Å²) in [5.41, 5.74) is 4.92. The average molecular weight is 221 g/mol. The van der Waals surface area contributed by atoms with Gasteiger partial charge in [0, 0.05) is 5.41 Å². The van der Waals surface area contributed by atoms with Crippen molar-refractivity contribution < 1.29 is 17.6 Å². The topological polar surface area (TPSA) is 39.2 Å². The number of nitrogens with two attached hydrogens (primary N) is 1. The van der Waals surface area contributed by atoms with E-state index in [1.807, 2.05) is 0 Å². The summed E-state index contributed by atoms with van der Waals surface area (Å²) in [4.78, 5) is 0. The van der Waals surface area contributed by atoms with Crippen LogP contribution < -0.4 is 5.73 Å². The van der Waals surface area contributed by atoms with Crippen molar-refractivity contribution in [3.05, 3.63) is 23.7 Å². The van der Waals surface area contributed by atoms with Crippen molar-refractivity contribution in [3.8, 4) is 0 Å². The Morgan fingerprint density at radius 2 is 1.73 bits per heavy atom. The summed E-state index contributed by atoms with van der Waals surface area (Å²) in [5, 5.41) is 0. The van der Waals surface area contributed by atoms with Crippen LogP contribution in [0.1, 0.15) is 31.8 Å². The van der Waals surface area contributed by atoms with E-state index in [2.05, 4.69) is 0 Å². The van der Waals surface area contributed by atoms with Crippen LogP contribution in [-0.2, 0) is 11.6 Å². The maximum Gasteiger partial charge on any atom is 0.449 e. The van der Waals surface area contributed by atoms with Gasteiger partial charge in [0.15, 0.2) is 0 Å². The molecule has 0 atom stereocenters. The highest BCUT2D eigenvalue weighted by molar-refractivity contribution is 5.16. The van der Waals surface area contributed by atoms with Gasteiger partial charge in [0.2, 0.25) is 5.76 Å². The Kier molecular flexibility index (Phi) is 3.13. The minimum absolute atomic E-state index is 0.320. The Balaban J connectivity index is 2.94. The quantitative estimate of drug-likeness (QED) is 0.852. The van der Waals surface area contributed by atoms with Gasteiger partial charge in [-0.05, 0) is 25.1 Å². The highest BCUT2D eigenvalue weighted by Gasteiger charge is 2.36. The van der Waals surface area contributed by atoms with Gasteiger partial charge >= 0.3 is 6.18 Å². The summed E-state index contributed by atoms with van der Waals surface area (Å²) in [6.07, 6.45) is -3.84. The second-order valence-corrected chi connectivity index (χ2v) is 4.08. The SMILES string of the molecule is CC(C)(CCN)c1ccc(C(F)(F)F)o1. The molecule has 0 bridgehead atoms. The van der Waals surface area contributed by atoms with E-state index < -0.39 is 17.4 Å². The smallest absolute Gasteiger partial charge is 0.449 e. The third kappa shape index (κ3) is 2.75. The van der Waals surface area contributed by atoms with Gasteiger partial charge < -0.3 is 10.2 Å². The molecule has 1 aromatic rings. The first-order chi connectivity index (χ1) is 6.77. The lowest BCUT2D eigenvalue weighted by Crippen LogP contribution is -2.21. The summed E-state index contributed by atoms with van der Waals surface area (Å²) in [5.74, 6) is -0.636. The normalized spacial score (nSPS) is 13.2. The van der Waals surface area contributed by atoms with Crippen molar-refractivity contribution in [3.63, 3.8) is 0 Å². The molecule has 15 heavy (non-hydrogen) atoms. The molecule has 1 heterocycles. The van der Waals surface area contributed by atoms with E-state index in [4.69, 9.17) is 10.2 Å². The van der Waals surface area contributed by atoms with Crippen molar-refractivity contribution in [1.82, 2.24) is 0 Å². The molecule has 0 aliphatic heterocycles. The van der Waals surface area contributed by atoms with E-state index in [-0.39, 0.29) is 0 Å². The zero-order valence-electron chi connectivity index (χ0n) is 8.69. The van der Waals surface area contributed by atoms with E-state index in [0.29, 0.717) is 18.7 Å². The second-order valence-electron chi connectivity index (χ2n) is 4.08. The lowest BCUT2D eigenvalue weighted by atomic mass is 9.87. The summed E-state index contributed by atoms with van der Waals surface area (Å²) >= 11 is 0. The molecule has 1 aromatic heterocycles. The highest BCUT2D eigenvalue weighted by atomic mass is 19.4. The Morgan fingerprint density at radius 3 is 2.13 bits per heavy atom. The fourth-order valence-electron chi connectivity index (χ4n) is 1.34. The van der Waals surface area contributed by atoms with Gasteiger partial charge in [-0.15, -0.1) is 0 Å². The zero-order valence-corrected chi connectivity index (χ0v) is 8.69. The monoisotopic (exact) mass is 221 g/mol. The van der Waals surface area contributed by atoms with Crippen molar-refractivity contribution in [2.24, 2.45) is 5.73 Å². The highest BCUT2D eigenvalue weighted by Crippen LogP contribution is 2.35. The fourth-order valence-corrected chi connectivity index (χ4v) is 1.34. The van der Waals surface area contributed by atoms with Crippen molar-refractivity contribution in [2.45, 2.75) is 31.9 Å². The van der Waals surface area contributed by atoms with E-state index in [1.165, 1.54) is 6.07 Å². The van der Waals surface area contributed by atoms with E-state index in [0.717, 1.165) is 6.07 Å². The molecule has 5 heteroatoms. The van der Waals surface area contributed by atoms with Crippen LogP contribution in [0.4, 0.5) is 13.2 Å². The molecule has 0 aliphatic carbocycles. The van der Waals surface area contributed by atoms with Crippen LogP contribution in [0.2, 0.25) is 0 Å². The molecule has 0 aliphatic rings. The number of alkyl halides is 3. The molecule has 2 N–H and O–H groups in total. The van der Waals surface area contributed by atoms with Crippen molar-refractivity contribution >= 4 is 0 Å². The molecule has 2 nitrogen and oxygen atoms in total. The third-order valence-corrected chi connectivity index (χ3v) is 2.32. The Labute approximate surface area is 86.3 Å². The first kappa shape index (κ1) is 12.1. The molecule has 0 radical (unpaired) electrons. The first-order valence-corrected chi connectivity index (χ1v) is 4.65. The maximum atomic E-state index is 12.3. The van der Waals surface area contributed by atoms with Crippen LogP contribution in [0.3, 0.4) is 0 Å². The van der Waals surface area contributed by atoms with E-state index >= 15 is 0 Å². The van der Waals surface area contributed by atoms with Gasteiger partial charge in [-0.25, -0.2) is 0 Å². The zero-order chi connectivity index (χ0) is 11.7. The molecule has 0 spiro atoms. The average Bonchev–Trinajstić information content (AvgIpc) is 2.50. The molecule has 0 amide bonds. The largest absolute Gasteiger partial charge is 0.456 e. The van der Waals surface area contributed by atoms with Crippen molar-refractivity contribution in [2.75, 3.05) is 6.54 Å². The first-order valence-electron chi connectivity index (χ1n) is 4.65. The molecule has 0 saturated heterocycles. The number of halogens is 3. The Hall–Kier alpha value is -0.970. The van der Waals surface area contributed by atoms with Crippen LogP contribution in [-0.4, -0.2) is 6.54 Å². The predicted molar refractivity (Wildman–Crippen MR) is 50.4 cm³/mol. The van der Waals surface area contributed by atoms with Crippen LogP contribution in [0.25, 0.3) is 0 Å². The summed E-state index contributed by atoms with van der Waals surface area (Å²) in [6, 6.07) is 2.31. The molecular weight excluding hydrogens is 207 g/mol. The standard InChI is InChI=1S/C10H14F3NO/c1-9(2,5-6-14)7-3-4-8(15-7)10(11,12)13/h3-4H,5-6,14H2,1-2H3. The lowest BCUT2D eigenvalue weighted by molar-refractivity contribution is -0.153. The molecule has 0 saturated carbocycles. The minimum Gasteiger partial charge on any atom is -0.456 e. The van der Waals surface area contributed by atoms with Crippen LogP contribution in [0.15, 0.2) is 16.5 Å². The van der Waals surface area contributed by atoms with Gasteiger partial charge in [0.1, 0.15) is 5.76 Å². The summed E-state index contributed by atoms with van der Waals surface area (Å²) < 4.78 is 41.6. The molecule has 0 fully saturated rings. The van der Waals surface area contributed by atoms with Gasteiger partial charge in [0.25, 0.3) is 0 Å². The van der Waals surface area contributed by atoms with Crippen LogP contribution in [0, 0.1) is 0 Å². The lowest BCUT2D eigenvalue weighted by Gasteiger charge is -2.20. The predicted octanol–water partition coefficient (Wildman–Crippen LogP) is 2.92. The minimum atomic E-state index is -4.42. The summed E-state index contributed by atoms with van der Waals surface area (Å²) in [6.45, 7) is 4.02. The van der Waals surface area contributed by atoms with Gasteiger partial charge in [-0.1, -0.05) is 13.8 Å². The van der Waals surface area contributed by atoms with Gasteiger partial charge in [0.05, 0.1) is 0 Å². The number of furan rings is 1. The molecule has 1 rings (SSSR count). The molecular formula is C10H14F3NO. The Morgan fingerprint density at radius 1 is 1.20 bits per heavy atom. The van der Waals surface area contributed by atoms with Crippen molar-refractivity contribution in [1.29, 1.82) is 0 Å². The maximum absolute atomic E-state index is 12.3. The van der Waals surface area contributed by atoms with Crippen LogP contribution >= 0.6 is 0 Å². The Bertz CT molecular complexity index is 328.